The van der Waals surface area contributed by atoms with Gasteiger partial charge in [-0.1, -0.05) is 24.9 Å². The fraction of sp³-hybridized carbons (Fsp3) is 0.417. The maximum atomic E-state index is 12.1. The van der Waals surface area contributed by atoms with Gasteiger partial charge in [-0.3, -0.25) is 4.79 Å². The largest absolute Gasteiger partial charge is 0.495 e. The molecule has 8 heteroatoms. The van der Waals surface area contributed by atoms with Crippen molar-refractivity contribution in [3.05, 3.63) is 23.2 Å². The van der Waals surface area contributed by atoms with Crippen molar-refractivity contribution in [1.82, 2.24) is 4.72 Å². The molecule has 0 spiro atoms. The molecule has 0 saturated carbocycles. The van der Waals surface area contributed by atoms with Crippen LogP contribution in [0.3, 0.4) is 0 Å². The summed E-state index contributed by atoms with van der Waals surface area (Å²) < 4.78 is 31.3. The van der Waals surface area contributed by atoms with Crippen LogP contribution in [-0.4, -0.2) is 32.6 Å². The lowest BCUT2D eigenvalue weighted by Gasteiger charge is -2.14. The van der Waals surface area contributed by atoms with Gasteiger partial charge >= 0.3 is 5.97 Å². The quantitative estimate of drug-likeness (QED) is 0.800. The van der Waals surface area contributed by atoms with Gasteiger partial charge in [-0.2, -0.15) is 4.72 Å². The highest BCUT2D eigenvalue weighted by molar-refractivity contribution is 7.89. The van der Waals surface area contributed by atoms with Crippen molar-refractivity contribution in [2.45, 2.75) is 30.7 Å². The molecule has 0 aliphatic rings. The molecule has 0 bridgehead atoms. The molecule has 1 rings (SSSR count). The molecule has 112 valence electrons. The van der Waals surface area contributed by atoms with Crippen LogP contribution in [0.1, 0.15) is 19.8 Å². The Morgan fingerprint density at radius 3 is 2.60 bits per heavy atom. The number of sulfonamides is 1. The first kappa shape index (κ1) is 16.7. The van der Waals surface area contributed by atoms with E-state index in [1.165, 1.54) is 25.3 Å². The van der Waals surface area contributed by atoms with Crippen molar-refractivity contribution in [3.63, 3.8) is 0 Å². The average molecular weight is 322 g/mol. The van der Waals surface area contributed by atoms with Crippen LogP contribution < -0.4 is 9.46 Å². The van der Waals surface area contributed by atoms with Gasteiger partial charge in [0.1, 0.15) is 11.8 Å². The Balaban J connectivity index is 3.04. The maximum absolute atomic E-state index is 12.1. The Morgan fingerprint density at radius 1 is 1.50 bits per heavy atom. The van der Waals surface area contributed by atoms with Crippen LogP contribution in [0.5, 0.6) is 5.75 Å². The summed E-state index contributed by atoms with van der Waals surface area (Å²) >= 11 is 5.86. The van der Waals surface area contributed by atoms with Crippen molar-refractivity contribution in [3.8, 4) is 5.75 Å². The van der Waals surface area contributed by atoms with E-state index in [0.29, 0.717) is 12.2 Å². The van der Waals surface area contributed by atoms with E-state index in [9.17, 15) is 13.2 Å². The van der Waals surface area contributed by atoms with Crippen LogP contribution in [0.25, 0.3) is 0 Å². The van der Waals surface area contributed by atoms with Gasteiger partial charge in [-0.25, -0.2) is 8.42 Å². The monoisotopic (exact) mass is 321 g/mol. The normalized spacial score (nSPS) is 12.9. The number of benzene rings is 1. The molecule has 0 aromatic heterocycles. The number of rotatable bonds is 7. The number of hydrogen-bond donors (Lipinski definition) is 2. The van der Waals surface area contributed by atoms with Gasteiger partial charge in [0.05, 0.1) is 17.0 Å². The predicted octanol–water partition coefficient (Wildman–Crippen LogP) is 1.88. The number of aliphatic carboxylic acids is 1. The first-order valence-corrected chi connectivity index (χ1v) is 7.76. The van der Waals surface area contributed by atoms with Crippen LogP contribution in [0, 0.1) is 0 Å². The Hall–Kier alpha value is -1.31. The van der Waals surface area contributed by atoms with Crippen LogP contribution >= 0.6 is 11.6 Å². The molecule has 0 saturated heterocycles. The van der Waals surface area contributed by atoms with Gasteiger partial charge < -0.3 is 9.84 Å². The molecule has 20 heavy (non-hydrogen) atoms. The van der Waals surface area contributed by atoms with E-state index in [1.54, 1.807) is 6.92 Å². The number of halogens is 1. The van der Waals surface area contributed by atoms with Gasteiger partial charge in [-0.15, -0.1) is 0 Å². The molecule has 1 atom stereocenters. The fourth-order valence-corrected chi connectivity index (χ4v) is 3.16. The second kappa shape index (κ2) is 6.92. The summed E-state index contributed by atoms with van der Waals surface area (Å²) in [6.45, 7) is 1.77. The van der Waals surface area contributed by atoms with E-state index in [1.807, 2.05) is 0 Å². The van der Waals surface area contributed by atoms with Gasteiger partial charge in [0.15, 0.2) is 0 Å². The molecule has 0 unspecified atom stereocenters. The maximum Gasteiger partial charge on any atom is 0.321 e. The molecular formula is C12H16ClNO5S. The second-order valence-corrected chi connectivity index (χ2v) is 6.22. The minimum atomic E-state index is -3.95. The molecule has 1 aromatic carbocycles. The van der Waals surface area contributed by atoms with Crippen molar-refractivity contribution < 1.29 is 23.1 Å². The van der Waals surface area contributed by atoms with E-state index in [2.05, 4.69) is 4.72 Å². The molecule has 0 aliphatic heterocycles. The highest BCUT2D eigenvalue weighted by atomic mass is 35.5. The van der Waals surface area contributed by atoms with E-state index in [4.69, 9.17) is 21.4 Å². The number of nitrogens with one attached hydrogen (secondary N) is 1. The Kier molecular flexibility index (Phi) is 5.79. The Labute approximate surface area is 122 Å². The number of carbonyl (C=O) groups is 1. The van der Waals surface area contributed by atoms with E-state index >= 15 is 0 Å². The SMILES string of the molecule is CCC[C@@H](NS(=O)(=O)c1ccc(OC)c(Cl)c1)C(=O)O. The molecule has 0 aliphatic carbocycles. The average Bonchev–Trinajstić information content (AvgIpc) is 2.37. The zero-order valence-corrected chi connectivity index (χ0v) is 12.7. The third-order valence-electron chi connectivity index (χ3n) is 2.61. The summed E-state index contributed by atoms with van der Waals surface area (Å²) in [6, 6.07) is 2.77. The second-order valence-electron chi connectivity index (χ2n) is 4.10. The third-order valence-corrected chi connectivity index (χ3v) is 4.37. The van der Waals surface area contributed by atoms with Gasteiger partial charge in [0, 0.05) is 0 Å². The molecule has 6 nitrogen and oxygen atoms in total. The zero-order chi connectivity index (χ0) is 15.3. The molecule has 0 radical (unpaired) electrons. The standard InChI is InChI=1S/C12H16ClNO5S/c1-3-4-10(12(15)16)14-20(17,18)8-5-6-11(19-2)9(13)7-8/h5-7,10,14H,3-4H2,1-2H3,(H,15,16)/t10-/m1/s1. The van der Waals surface area contributed by atoms with Crippen LogP contribution in [0.4, 0.5) is 0 Å². The summed E-state index contributed by atoms with van der Waals surface area (Å²) in [4.78, 5) is 10.9. The van der Waals surface area contributed by atoms with E-state index < -0.39 is 22.0 Å². The summed E-state index contributed by atoms with van der Waals surface area (Å²) in [5.74, 6) is -0.871. The van der Waals surface area contributed by atoms with E-state index in [0.717, 1.165) is 0 Å². The minimum Gasteiger partial charge on any atom is -0.495 e. The molecular weight excluding hydrogens is 306 g/mol. The molecule has 1 aromatic rings. The van der Waals surface area contributed by atoms with Crippen LogP contribution in [0.2, 0.25) is 5.02 Å². The zero-order valence-electron chi connectivity index (χ0n) is 11.1. The topological polar surface area (TPSA) is 92.7 Å². The Bertz CT molecular complexity index is 588. The first-order valence-electron chi connectivity index (χ1n) is 5.90. The number of carboxylic acids is 1. The molecule has 2 N–H and O–H groups in total. The lowest BCUT2D eigenvalue weighted by molar-refractivity contribution is -0.139. The molecule has 0 amide bonds. The summed E-state index contributed by atoms with van der Waals surface area (Å²) in [5.41, 5.74) is 0. The van der Waals surface area contributed by atoms with E-state index in [-0.39, 0.29) is 16.3 Å². The number of methoxy groups -OCH3 is 1. The number of hydrogen-bond acceptors (Lipinski definition) is 4. The fourth-order valence-electron chi connectivity index (χ4n) is 1.59. The van der Waals surface area contributed by atoms with Gasteiger partial charge in [0.2, 0.25) is 10.0 Å². The molecule has 0 heterocycles. The first-order chi connectivity index (χ1) is 9.31. The van der Waals surface area contributed by atoms with Crippen molar-refractivity contribution >= 4 is 27.6 Å². The number of carboxylic acid groups (broad SMARTS) is 1. The Morgan fingerprint density at radius 2 is 2.15 bits per heavy atom. The highest BCUT2D eigenvalue weighted by Gasteiger charge is 2.25. The van der Waals surface area contributed by atoms with Crippen LogP contribution in [-0.2, 0) is 14.8 Å². The minimum absolute atomic E-state index is 0.106. The summed E-state index contributed by atoms with van der Waals surface area (Å²) in [7, 11) is -2.53. The summed E-state index contributed by atoms with van der Waals surface area (Å²) in [5, 5.41) is 9.12. The summed E-state index contributed by atoms with van der Waals surface area (Å²) in [6.07, 6.45) is 0.751. The van der Waals surface area contributed by atoms with Gasteiger partial charge in [0.25, 0.3) is 0 Å². The van der Waals surface area contributed by atoms with Crippen LogP contribution in [0.15, 0.2) is 23.1 Å². The van der Waals surface area contributed by atoms with Gasteiger partial charge in [-0.05, 0) is 24.6 Å². The molecule has 0 fully saturated rings. The highest BCUT2D eigenvalue weighted by Crippen LogP contribution is 2.27. The lowest BCUT2D eigenvalue weighted by Crippen LogP contribution is -2.40. The number of ether oxygens (including phenoxy) is 1. The predicted molar refractivity (Wildman–Crippen MR) is 74.7 cm³/mol. The van der Waals surface area contributed by atoms with Crippen molar-refractivity contribution in [2.75, 3.05) is 7.11 Å². The van der Waals surface area contributed by atoms with Crippen molar-refractivity contribution in [2.24, 2.45) is 0 Å². The lowest BCUT2D eigenvalue weighted by atomic mass is 10.2. The van der Waals surface area contributed by atoms with Crippen molar-refractivity contribution in [1.29, 1.82) is 0 Å². The smallest absolute Gasteiger partial charge is 0.321 e. The third kappa shape index (κ3) is 4.09.